The number of hydrogen-bond acceptors (Lipinski definition) is 8. The van der Waals surface area contributed by atoms with Crippen molar-refractivity contribution in [2.24, 2.45) is 0 Å². The van der Waals surface area contributed by atoms with Crippen molar-refractivity contribution < 1.29 is 39.4 Å². The van der Waals surface area contributed by atoms with E-state index in [1.54, 1.807) is 0 Å². The molecule has 0 saturated carbocycles. The molecule has 0 spiro atoms. The van der Waals surface area contributed by atoms with E-state index in [2.05, 4.69) is 10.1 Å². The summed E-state index contributed by atoms with van der Waals surface area (Å²) in [6.45, 7) is -1.63. The Hall–Kier alpha value is -0.100. The molecule has 0 aromatic rings. The van der Waals surface area contributed by atoms with Crippen LogP contribution in [0.15, 0.2) is 0 Å². The van der Waals surface area contributed by atoms with Crippen molar-refractivity contribution in [3.05, 3.63) is 0 Å². The van der Waals surface area contributed by atoms with E-state index >= 15 is 0 Å². The van der Waals surface area contributed by atoms with Gasteiger partial charge < -0.3 is 40.0 Å². The number of aliphatic hydroxyl groups is 4. The van der Waals surface area contributed by atoms with E-state index < -0.39 is 53.7 Å². The summed E-state index contributed by atoms with van der Waals surface area (Å²) in [5, 5.41) is 40.0. The van der Waals surface area contributed by atoms with Gasteiger partial charge in [0.25, 0.3) is 0 Å². The van der Waals surface area contributed by atoms with E-state index in [1.165, 1.54) is 0 Å². The molecular formula is C11H18Cl3NO8. The van der Waals surface area contributed by atoms with Gasteiger partial charge in [0, 0.05) is 0 Å². The molecule has 1 saturated heterocycles. The molecule has 5 N–H and O–H groups in total. The lowest BCUT2D eigenvalue weighted by molar-refractivity contribution is -0.270. The third-order valence-electron chi connectivity index (χ3n) is 2.91. The standard InChI is InChI=1S/C11H18Cl3NO8/c12-11(13,14)4-22-10(20)15-6-8(19)7(18)5(3-17)23-9(6)21-2-1-16/h5-9,16-19H,1-4H2,(H,15,20)/t5-,6+,7-,8-,9+/m1/s1. The van der Waals surface area contributed by atoms with Gasteiger partial charge in [-0.2, -0.15) is 0 Å². The molecule has 23 heavy (non-hydrogen) atoms. The van der Waals surface area contributed by atoms with Crippen LogP contribution in [0, 0.1) is 0 Å². The molecule has 0 aromatic carbocycles. The predicted octanol–water partition coefficient (Wildman–Crippen LogP) is -1.10. The molecule has 5 atom stereocenters. The Bertz CT molecular complexity index is 383. The summed E-state index contributed by atoms with van der Waals surface area (Å²) >= 11 is 16.3. The number of alkyl carbamates (subject to hydrolysis) is 1. The Morgan fingerprint density at radius 3 is 2.39 bits per heavy atom. The molecule has 0 radical (unpaired) electrons. The lowest BCUT2D eigenvalue weighted by Crippen LogP contribution is -2.65. The second-order valence-corrected chi connectivity index (χ2v) is 7.18. The van der Waals surface area contributed by atoms with Crippen LogP contribution < -0.4 is 5.32 Å². The summed E-state index contributed by atoms with van der Waals surface area (Å²) in [5.74, 6) is 0. The van der Waals surface area contributed by atoms with E-state index in [-0.39, 0.29) is 13.2 Å². The van der Waals surface area contributed by atoms with Gasteiger partial charge in [-0.15, -0.1) is 0 Å². The van der Waals surface area contributed by atoms with Crippen LogP contribution >= 0.6 is 34.8 Å². The molecule has 0 aromatic heterocycles. The number of aliphatic hydroxyl groups excluding tert-OH is 4. The van der Waals surface area contributed by atoms with E-state index in [1.807, 2.05) is 0 Å². The molecule has 136 valence electrons. The van der Waals surface area contributed by atoms with Crippen LogP contribution in [0.3, 0.4) is 0 Å². The minimum Gasteiger partial charge on any atom is -0.445 e. The van der Waals surface area contributed by atoms with Crippen molar-refractivity contribution >= 4 is 40.9 Å². The van der Waals surface area contributed by atoms with Gasteiger partial charge in [0.05, 0.1) is 19.8 Å². The first-order valence-corrected chi connectivity index (χ1v) is 7.68. The van der Waals surface area contributed by atoms with Gasteiger partial charge in [0.15, 0.2) is 6.29 Å². The van der Waals surface area contributed by atoms with E-state index in [0.29, 0.717) is 0 Å². The molecule has 1 aliphatic heterocycles. The van der Waals surface area contributed by atoms with Crippen molar-refractivity contribution in [1.29, 1.82) is 0 Å². The summed E-state index contributed by atoms with van der Waals surface area (Å²) in [6, 6.07) is -1.23. The lowest BCUT2D eigenvalue weighted by atomic mass is 9.97. The zero-order chi connectivity index (χ0) is 17.6. The number of carbonyl (C=O) groups is 1. The minimum absolute atomic E-state index is 0.160. The Morgan fingerprint density at radius 2 is 1.87 bits per heavy atom. The highest BCUT2D eigenvalue weighted by Crippen LogP contribution is 2.26. The SMILES string of the molecule is O=C(N[C@@H]1[C@@H](OCCO)O[C@H](CO)[C@@H](O)[C@@H]1O)OCC(Cl)(Cl)Cl. The van der Waals surface area contributed by atoms with Crippen LogP contribution in [-0.2, 0) is 14.2 Å². The lowest BCUT2D eigenvalue weighted by Gasteiger charge is -2.41. The molecule has 12 heteroatoms. The molecular weight excluding hydrogens is 380 g/mol. The molecule has 1 amide bonds. The van der Waals surface area contributed by atoms with Crippen molar-refractivity contribution in [3.8, 4) is 0 Å². The predicted molar refractivity (Wildman–Crippen MR) is 79.4 cm³/mol. The number of halogens is 3. The Morgan fingerprint density at radius 1 is 1.22 bits per heavy atom. The van der Waals surface area contributed by atoms with Gasteiger partial charge in [0.1, 0.15) is 31.0 Å². The molecule has 1 rings (SSSR count). The van der Waals surface area contributed by atoms with E-state index in [0.717, 1.165) is 0 Å². The minimum atomic E-state index is -1.81. The molecule has 0 unspecified atom stereocenters. The first-order valence-electron chi connectivity index (χ1n) is 6.54. The van der Waals surface area contributed by atoms with Gasteiger partial charge in [0.2, 0.25) is 3.79 Å². The van der Waals surface area contributed by atoms with Gasteiger partial charge in [-0.25, -0.2) is 4.79 Å². The number of hydrogen-bond donors (Lipinski definition) is 5. The quantitative estimate of drug-likeness (QED) is 0.356. The van der Waals surface area contributed by atoms with Crippen molar-refractivity contribution in [1.82, 2.24) is 5.32 Å². The highest BCUT2D eigenvalue weighted by Gasteiger charge is 2.45. The number of ether oxygens (including phenoxy) is 3. The number of rotatable bonds is 6. The number of amides is 1. The second-order valence-electron chi connectivity index (χ2n) is 4.66. The Kier molecular flexibility index (Phi) is 8.56. The average molecular weight is 399 g/mol. The first-order chi connectivity index (χ1) is 10.7. The fourth-order valence-electron chi connectivity index (χ4n) is 1.87. The monoisotopic (exact) mass is 397 g/mol. The smallest absolute Gasteiger partial charge is 0.407 e. The van der Waals surface area contributed by atoms with E-state index in [9.17, 15) is 15.0 Å². The van der Waals surface area contributed by atoms with Gasteiger partial charge in [-0.3, -0.25) is 0 Å². The number of alkyl halides is 3. The van der Waals surface area contributed by atoms with Gasteiger partial charge in [-0.1, -0.05) is 34.8 Å². The van der Waals surface area contributed by atoms with Crippen LogP contribution in [0.4, 0.5) is 4.79 Å². The number of carbonyl (C=O) groups excluding carboxylic acids is 1. The largest absolute Gasteiger partial charge is 0.445 e. The fourth-order valence-corrected chi connectivity index (χ4v) is 2.04. The maximum Gasteiger partial charge on any atom is 0.407 e. The Balaban J connectivity index is 2.71. The summed E-state index contributed by atoms with van der Waals surface area (Å²) in [4.78, 5) is 11.7. The first kappa shape index (κ1) is 20.9. The maximum absolute atomic E-state index is 11.7. The van der Waals surface area contributed by atoms with E-state index in [4.69, 9.17) is 54.5 Å². The van der Waals surface area contributed by atoms with Crippen molar-refractivity contribution in [2.45, 2.75) is 34.4 Å². The summed E-state index contributed by atoms with van der Waals surface area (Å²) < 4.78 is 13.2. The molecule has 0 aliphatic carbocycles. The zero-order valence-electron chi connectivity index (χ0n) is 11.8. The molecule has 9 nitrogen and oxygen atoms in total. The van der Waals surface area contributed by atoms with Gasteiger partial charge >= 0.3 is 6.09 Å². The summed E-state index contributed by atoms with van der Waals surface area (Å²) in [7, 11) is 0. The van der Waals surface area contributed by atoms with Crippen molar-refractivity contribution in [2.75, 3.05) is 26.4 Å². The normalized spacial score (nSPS) is 31.7. The number of nitrogens with one attached hydrogen (secondary N) is 1. The van der Waals surface area contributed by atoms with Crippen LogP contribution in [0.25, 0.3) is 0 Å². The molecule has 1 heterocycles. The molecule has 1 aliphatic rings. The van der Waals surface area contributed by atoms with Crippen LogP contribution in [0.5, 0.6) is 0 Å². The highest BCUT2D eigenvalue weighted by atomic mass is 35.6. The summed E-state index contributed by atoms with van der Waals surface area (Å²) in [5.41, 5.74) is 0. The molecule has 0 bridgehead atoms. The third kappa shape index (κ3) is 6.73. The fraction of sp³-hybridized carbons (Fsp3) is 0.909. The highest BCUT2D eigenvalue weighted by molar-refractivity contribution is 6.67. The van der Waals surface area contributed by atoms with Crippen LogP contribution in [0.2, 0.25) is 0 Å². The second kappa shape index (κ2) is 9.40. The Labute approximate surface area is 147 Å². The zero-order valence-corrected chi connectivity index (χ0v) is 14.0. The third-order valence-corrected chi connectivity index (χ3v) is 3.23. The summed E-state index contributed by atoms with van der Waals surface area (Å²) in [6.07, 6.45) is -6.41. The van der Waals surface area contributed by atoms with Gasteiger partial charge in [-0.05, 0) is 0 Å². The van der Waals surface area contributed by atoms with Crippen molar-refractivity contribution in [3.63, 3.8) is 0 Å². The average Bonchev–Trinajstić information content (AvgIpc) is 2.48. The molecule has 1 fully saturated rings. The van der Waals surface area contributed by atoms with Crippen LogP contribution in [0.1, 0.15) is 0 Å². The maximum atomic E-state index is 11.7. The van der Waals surface area contributed by atoms with Crippen LogP contribution in [-0.4, -0.2) is 87.4 Å². The topological polar surface area (TPSA) is 138 Å².